The van der Waals surface area contributed by atoms with Crippen molar-refractivity contribution in [3.05, 3.63) is 18.0 Å². The predicted molar refractivity (Wildman–Crippen MR) is 134 cm³/mol. The van der Waals surface area contributed by atoms with Crippen molar-refractivity contribution in [1.82, 2.24) is 14.5 Å². The molecule has 3 aliphatic carbocycles. The van der Waals surface area contributed by atoms with Crippen molar-refractivity contribution in [3.63, 3.8) is 0 Å². The molecule has 3 saturated carbocycles. The van der Waals surface area contributed by atoms with Crippen molar-refractivity contribution < 1.29 is 13.6 Å². The highest BCUT2D eigenvalue weighted by Crippen LogP contribution is 2.46. The third kappa shape index (κ3) is 6.19. The van der Waals surface area contributed by atoms with E-state index < -0.39 is 12.3 Å². The molecule has 1 heterocycles. The smallest absolute Gasteiger partial charge is 0.223 e. The van der Waals surface area contributed by atoms with E-state index in [4.69, 9.17) is 5.41 Å². The molecule has 0 spiro atoms. The number of hydrogen-bond donors (Lipinski definition) is 2. The van der Waals surface area contributed by atoms with E-state index in [-0.39, 0.29) is 23.8 Å². The zero-order chi connectivity index (χ0) is 25.3. The standard InChI is InChI=1S/C28H46F2N4O/c1-17-12-24(29)6-7-25(17)22-13-20(16-34-10-9-33(4)28(34)31)14-23(15-22)27(35)32-19(3)21-5-8-26(30)18(2)11-21/h9-10,17-26,31H,5-8,11-16H2,1-4H3,(H,32,35)/t17?,18?,19-,20?,21?,22?,23?,24?,25?,26?/m1/s1. The zero-order valence-corrected chi connectivity index (χ0v) is 22.1. The van der Waals surface area contributed by atoms with Crippen LogP contribution in [-0.4, -0.2) is 33.4 Å². The molecule has 3 aliphatic rings. The summed E-state index contributed by atoms with van der Waals surface area (Å²) in [5.74, 6) is 2.04. The van der Waals surface area contributed by atoms with E-state index in [0.29, 0.717) is 54.5 Å². The molecule has 3 fully saturated rings. The molecule has 1 aromatic heterocycles. The zero-order valence-electron chi connectivity index (χ0n) is 22.1. The lowest BCUT2D eigenvalue weighted by Gasteiger charge is -2.43. The number of rotatable bonds is 6. The monoisotopic (exact) mass is 492 g/mol. The van der Waals surface area contributed by atoms with Gasteiger partial charge in [0.1, 0.15) is 12.3 Å². The van der Waals surface area contributed by atoms with E-state index in [9.17, 15) is 13.6 Å². The first kappa shape index (κ1) is 26.4. The molecular weight excluding hydrogens is 446 g/mol. The van der Waals surface area contributed by atoms with Gasteiger partial charge in [-0.2, -0.15) is 0 Å². The molecule has 10 atom stereocenters. The van der Waals surface area contributed by atoms with Crippen LogP contribution in [0.15, 0.2) is 12.4 Å². The molecule has 9 unspecified atom stereocenters. The molecule has 1 aromatic rings. The van der Waals surface area contributed by atoms with E-state index in [1.807, 2.05) is 35.5 Å². The Morgan fingerprint density at radius 1 is 1.06 bits per heavy atom. The second-order valence-electron chi connectivity index (χ2n) is 12.3. The van der Waals surface area contributed by atoms with Crippen LogP contribution in [0, 0.1) is 46.8 Å². The highest BCUT2D eigenvalue weighted by Gasteiger charge is 2.41. The lowest BCUT2D eigenvalue weighted by molar-refractivity contribution is -0.129. The van der Waals surface area contributed by atoms with Gasteiger partial charge in [-0.3, -0.25) is 10.2 Å². The largest absolute Gasteiger partial charge is 0.353 e. The van der Waals surface area contributed by atoms with Gasteiger partial charge in [0.05, 0.1) is 0 Å². The van der Waals surface area contributed by atoms with Gasteiger partial charge in [-0.05, 0) is 100 Å². The topological polar surface area (TPSA) is 62.8 Å². The Bertz CT molecular complexity index is 913. The molecule has 7 heteroatoms. The number of nitrogens with one attached hydrogen (secondary N) is 2. The lowest BCUT2D eigenvalue weighted by Crippen LogP contribution is -2.46. The van der Waals surface area contributed by atoms with E-state index in [2.05, 4.69) is 19.2 Å². The summed E-state index contributed by atoms with van der Waals surface area (Å²) in [4.78, 5) is 13.5. The van der Waals surface area contributed by atoms with Crippen molar-refractivity contribution in [2.24, 2.45) is 48.5 Å². The number of amides is 1. The van der Waals surface area contributed by atoms with E-state index in [1.54, 1.807) is 0 Å². The summed E-state index contributed by atoms with van der Waals surface area (Å²) >= 11 is 0. The van der Waals surface area contributed by atoms with Gasteiger partial charge in [-0.25, -0.2) is 8.78 Å². The van der Waals surface area contributed by atoms with Gasteiger partial charge >= 0.3 is 0 Å². The van der Waals surface area contributed by atoms with Crippen LogP contribution in [0.4, 0.5) is 8.78 Å². The summed E-state index contributed by atoms with van der Waals surface area (Å²) in [6.07, 6.45) is 9.68. The molecule has 198 valence electrons. The highest BCUT2D eigenvalue weighted by molar-refractivity contribution is 5.79. The third-order valence-corrected chi connectivity index (χ3v) is 9.70. The van der Waals surface area contributed by atoms with Gasteiger partial charge < -0.3 is 14.5 Å². The van der Waals surface area contributed by atoms with Crippen molar-refractivity contribution >= 4 is 5.91 Å². The van der Waals surface area contributed by atoms with Gasteiger partial charge in [-0.1, -0.05) is 13.8 Å². The maximum Gasteiger partial charge on any atom is 0.223 e. The maximum absolute atomic E-state index is 14.0. The minimum absolute atomic E-state index is 0.0510. The number of aromatic nitrogens is 2. The van der Waals surface area contributed by atoms with Gasteiger partial charge in [0.15, 0.2) is 0 Å². The van der Waals surface area contributed by atoms with Crippen LogP contribution < -0.4 is 10.9 Å². The first-order valence-corrected chi connectivity index (χ1v) is 14.0. The second-order valence-corrected chi connectivity index (χ2v) is 12.3. The summed E-state index contributed by atoms with van der Waals surface area (Å²) in [5.41, 5.74) is 0.477. The molecule has 5 nitrogen and oxygen atoms in total. The van der Waals surface area contributed by atoms with Gasteiger partial charge in [0.25, 0.3) is 0 Å². The summed E-state index contributed by atoms with van der Waals surface area (Å²) in [5, 5.41) is 11.7. The molecule has 1 amide bonds. The number of nitrogens with zero attached hydrogens (tertiary/aromatic N) is 2. The van der Waals surface area contributed by atoms with Crippen LogP contribution in [0.3, 0.4) is 0 Å². The Balaban J connectivity index is 1.45. The van der Waals surface area contributed by atoms with Crippen molar-refractivity contribution in [2.75, 3.05) is 0 Å². The molecule has 35 heavy (non-hydrogen) atoms. The Hall–Kier alpha value is -1.66. The van der Waals surface area contributed by atoms with Crippen LogP contribution >= 0.6 is 0 Å². The number of carbonyl (C=O) groups excluding carboxylic acids is 1. The molecule has 0 saturated heterocycles. The Morgan fingerprint density at radius 3 is 2.49 bits per heavy atom. The Morgan fingerprint density at radius 2 is 1.83 bits per heavy atom. The number of aryl methyl sites for hydroxylation is 1. The van der Waals surface area contributed by atoms with Crippen molar-refractivity contribution in [3.8, 4) is 0 Å². The summed E-state index contributed by atoms with van der Waals surface area (Å²) in [6, 6.07) is 0.0560. The van der Waals surface area contributed by atoms with Crippen LogP contribution in [0.2, 0.25) is 0 Å². The van der Waals surface area contributed by atoms with E-state index in [0.717, 1.165) is 45.1 Å². The molecule has 0 aliphatic heterocycles. The van der Waals surface area contributed by atoms with Gasteiger partial charge in [-0.15, -0.1) is 0 Å². The van der Waals surface area contributed by atoms with E-state index in [1.165, 1.54) is 0 Å². The second kappa shape index (κ2) is 11.2. The first-order chi connectivity index (χ1) is 16.6. The first-order valence-electron chi connectivity index (χ1n) is 14.0. The SMILES string of the molecule is CC1CC([C@@H](C)NC(=O)C2CC(Cn3ccn(C)c3=N)CC(C3CCC(F)CC3C)C2)CCC1F. The normalized spacial score (nSPS) is 39.2. The summed E-state index contributed by atoms with van der Waals surface area (Å²) in [7, 11) is 1.88. The van der Waals surface area contributed by atoms with Crippen LogP contribution in [0.25, 0.3) is 0 Å². The van der Waals surface area contributed by atoms with E-state index >= 15 is 0 Å². The molecule has 0 radical (unpaired) electrons. The number of alkyl halides is 2. The van der Waals surface area contributed by atoms with Gasteiger partial charge in [0.2, 0.25) is 11.5 Å². The van der Waals surface area contributed by atoms with Crippen molar-refractivity contribution in [1.29, 1.82) is 5.41 Å². The average molecular weight is 493 g/mol. The van der Waals surface area contributed by atoms with Crippen molar-refractivity contribution in [2.45, 2.75) is 103 Å². The molecule has 4 rings (SSSR count). The fraction of sp³-hybridized carbons (Fsp3) is 0.857. The number of hydrogen-bond acceptors (Lipinski definition) is 2. The van der Waals surface area contributed by atoms with Crippen LogP contribution in [0.5, 0.6) is 0 Å². The fourth-order valence-electron chi connectivity index (χ4n) is 7.52. The summed E-state index contributed by atoms with van der Waals surface area (Å²) in [6.45, 7) is 7.01. The van der Waals surface area contributed by atoms with Gasteiger partial charge in [0, 0.05) is 37.9 Å². The quantitative estimate of drug-likeness (QED) is 0.549. The van der Waals surface area contributed by atoms with Crippen LogP contribution in [0.1, 0.15) is 78.6 Å². The number of imidazole rings is 1. The highest BCUT2D eigenvalue weighted by atomic mass is 19.1. The number of carbonyl (C=O) groups is 1. The minimum atomic E-state index is -0.715. The maximum atomic E-state index is 14.0. The Kier molecular flexibility index (Phi) is 8.42. The predicted octanol–water partition coefficient (Wildman–Crippen LogP) is 5.39. The average Bonchev–Trinajstić information content (AvgIpc) is 3.12. The third-order valence-electron chi connectivity index (χ3n) is 9.70. The minimum Gasteiger partial charge on any atom is -0.353 e. The lowest BCUT2D eigenvalue weighted by atomic mass is 9.63. The number of halogens is 2. The van der Waals surface area contributed by atoms with Crippen LogP contribution in [-0.2, 0) is 18.4 Å². The Labute approximate surface area is 209 Å². The molecule has 2 N–H and O–H groups in total. The molecule has 0 aromatic carbocycles. The fourth-order valence-corrected chi connectivity index (χ4v) is 7.52. The molecular formula is C28H46F2N4O. The summed E-state index contributed by atoms with van der Waals surface area (Å²) < 4.78 is 31.8. The molecule has 0 bridgehead atoms.